The summed E-state index contributed by atoms with van der Waals surface area (Å²) in [7, 11) is -3.57. The van der Waals surface area contributed by atoms with Gasteiger partial charge in [-0.3, -0.25) is 4.79 Å². The molecule has 0 aromatic carbocycles. The van der Waals surface area contributed by atoms with E-state index in [0.29, 0.717) is 19.6 Å². The maximum absolute atomic E-state index is 12.2. The van der Waals surface area contributed by atoms with Gasteiger partial charge in [0.25, 0.3) is 10.2 Å². The maximum Gasteiger partial charge on any atom is 0.282 e. The Kier molecular flexibility index (Phi) is 5.31. The maximum atomic E-state index is 12.2. The van der Waals surface area contributed by atoms with E-state index in [2.05, 4.69) is 5.32 Å². The molecule has 100 valence electrons. The SMILES string of the molecule is CCN(CC(N)=O)S(=O)(=O)N1CCCNCC1. The molecule has 7 nitrogen and oxygen atoms in total. The Morgan fingerprint density at radius 2 is 2.12 bits per heavy atom. The van der Waals surface area contributed by atoms with Gasteiger partial charge in [-0.1, -0.05) is 6.92 Å². The van der Waals surface area contributed by atoms with Crippen LogP contribution >= 0.6 is 0 Å². The van der Waals surface area contributed by atoms with Gasteiger partial charge < -0.3 is 11.1 Å². The smallest absolute Gasteiger partial charge is 0.282 e. The first-order chi connectivity index (χ1) is 7.98. The van der Waals surface area contributed by atoms with Crippen molar-refractivity contribution in [2.75, 3.05) is 39.3 Å². The third-order valence-corrected chi connectivity index (χ3v) is 4.69. The molecule has 0 aliphatic carbocycles. The van der Waals surface area contributed by atoms with Crippen molar-refractivity contribution >= 4 is 16.1 Å². The number of carbonyl (C=O) groups excluding carboxylic acids is 1. The standard InChI is InChI=1S/C9H20N4O3S/c1-2-12(8-9(10)14)17(15,16)13-6-3-4-11-5-7-13/h11H,2-8H2,1H3,(H2,10,14). The normalized spacial score (nSPS) is 19.2. The average Bonchev–Trinajstić information content (AvgIpc) is 2.54. The highest BCUT2D eigenvalue weighted by Crippen LogP contribution is 2.09. The second kappa shape index (κ2) is 6.29. The predicted octanol–water partition coefficient (Wildman–Crippen LogP) is -1.67. The van der Waals surface area contributed by atoms with Crippen molar-refractivity contribution in [3.63, 3.8) is 0 Å². The Morgan fingerprint density at radius 1 is 1.41 bits per heavy atom. The summed E-state index contributed by atoms with van der Waals surface area (Å²) in [5, 5.41) is 3.13. The molecule has 1 fully saturated rings. The fraction of sp³-hybridized carbons (Fsp3) is 0.889. The molecule has 0 spiro atoms. The van der Waals surface area contributed by atoms with Crippen LogP contribution in [0.25, 0.3) is 0 Å². The quantitative estimate of drug-likeness (QED) is 0.621. The number of likely N-dealkylation sites (N-methyl/N-ethyl adjacent to an activating group) is 1. The molecule has 1 aliphatic heterocycles. The van der Waals surface area contributed by atoms with Crippen LogP contribution in [0.1, 0.15) is 13.3 Å². The molecular weight excluding hydrogens is 244 g/mol. The van der Waals surface area contributed by atoms with E-state index in [1.54, 1.807) is 6.92 Å². The number of rotatable bonds is 5. The van der Waals surface area contributed by atoms with Gasteiger partial charge in [0.15, 0.2) is 0 Å². The molecule has 1 rings (SSSR count). The number of hydrogen-bond donors (Lipinski definition) is 2. The van der Waals surface area contributed by atoms with E-state index < -0.39 is 16.1 Å². The Morgan fingerprint density at radius 3 is 2.71 bits per heavy atom. The van der Waals surface area contributed by atoms with Crippen LogP contribution in [0.2, 0.25) is 0 Å². The zero-order valence-corrected chi connectivity index (χ0v) is 10.9. The fourth-order valence-corrected chi connectivity index (χ4v) is 3.37. The van der Waals surface area contributed by atoms with Gasteiger partial charge in [0.1, 0.15) is 0 Å². The number of nitrogens with zero attached hydrogens (tertiary/aromatic N) is 2. The van der Waals surface area contributed by atoms with Gasteiger partial charge in [-0.25, -0.2) is 0 Å². The number of amides is 1. The van der Waals surface area contributed by atoms with Crippen LogP contribution in [0.5, 0.6) is 0 Å². The number of primary amides is 1. The summed E-state index contributed by atoms with van der Waals surface area (Å²) in [5.41, 5.74) is 5.05. The Balaban J connectivity index is 2.78. The number of nitrogens with two attached hydrogens (primary N) is 1. The first-order valence-electron chi connectivity index (χ1n) is 5.72. The Bertz CT molecular complexity index is 349. The summed E-state index contributed by atoms with van der Waals surface area (Å²) in [6.45, 7) is 4.03. The summed E-state index contributed by atoms with van der Waals surface area (Å²) in [5.74, 6) is -0.636. The number of hydrogen-bond acceptors (Lipinski definition) is 4. The summed E-state index contributed by atoms with van der Waals surface area (Å²) < 4.78 is 27.0. The van der Waals surface area contributed by atoms with Gasteiger partial charge >= 0.3 is 0 Å². The lowest BCUT2D eigenvalue weighted by molar-refractivity contribution is -0.118. The van der Waals surface area contributed by atoms with Crippen molar-refractivity contribution in [3.8, 4) is 0 Å². The molecule has 1 saturated heterocycles. The van der Waals surface area contributed by atoms with Crippen LogP contribution in [0.4, 0.5) is 0 Å². The molecule has 1 heterocycles. The molecule has 0 aromatic heterocycles. The largest absolute Gasteiger partial charge is 0.369 e. The summed E-state index contributed by atoms with van der Waals surface area (Å²) in [6, 6.07) is 0. The van der Waals surface area contributed by atoms with E-state index in [1.165, 1.54) is 4.31 Å². The topological polar surface area (TPSA) is 95.7 Å². The van der Waals surface area contributed by atoms with Gasteiger partial charge in [0.2, 0.25) is 5.91 Å². The van der Waals surface area contributed by atoms with Crippen LogP contribution in [-0.4, -0.2) is 62.2 Å². The molecule has 1 amide bonds. The van der Waals surface area contributed by atoms with Gasteiger partial charge in [-0.2, -0.15) is 17.0 Å². The van der Waals surface area contributed by atoms with Crippen molar-refractivity contribution in [1.82, 2.24) is 13.9 Å². The van der Waals surface area contributed by atoms with E-state index in [1.807, 2.05) is 0 Å². The predicted molar refractivity (Wildman–Crippen MR) is 64.4 cm³/mol. The van der Waals surface area contributed by atoms with Crippen molar-refractivity contribution in [2.24, 2.45) is 5.73 Å². The van der Waals surface area contributed by atoms with Crippen LogP contribution in [0.15, 0.2) is 0 Å². The van der Waals surface area contributed by atoms with Gasteiger partial charge in [-0.15, -0.1) is 0 Å². The van der Waals surface area contributed by atoms with Crippen LogP contribution in [0.3, 0.4) is 0 Å². The molecule has 0 radical (unpaired) electrons. The van der Waals surface area contributed by atoms with E-state index in [4.69, 9.17) is 5.73 Å². The van der Waals surface area contributed by atoms with Gasteiger partial charge in [0, 0.05) is 26.2 Å². The minimum atomic E-state index is -3.57. The monoisotopic (exact) mass is 264 g/mol. The Hall–Kier alpha value is -0.700. The van der Waals surface area contributed by atoms with Crippen molar-refractivity contribution in [3.05, 3.63) is 0 Å². The molecule has 3 N–H and O–H groups in total. The van der Waals surface area contributed by atoms with Crippen molar-refractivity contribution < 1.29 is 13.2 Å². The lowest BCUT2D eigenvalue weighted by Gasteiger charge is -2.27. The minimum absolute atomic E-state index is 0.245. The van der Waals surface area contributed by atoms with Gasteiger partial charge in [0.05, 0.1) is 6.54 Å². The third-order valence-electron chi connectivity index (χ3n) is 2.64. The molecular formula is C9H20N4O3S. The lowest BCUT2D eigenvalue weighted by atomic mass is 10.4. The van der Waals surface area contributed by atoms with Crippen molar-refractivity contribution in [1.29, 1.82) is 0 Å². The molecule has 17 heavy (non-hydrogen) atoms. The Labute approximate surface area is 102 Å². The van der Waals surface area contributed by atoms with E-state index in [0.717, 1.165) is 17.3 Å². The highest BCUT2D eigenvalue weighted by molar-refractivity contribution is 7.86. The van der Waals surface area contributed by atoms with E-state index >= 15 is 0 Å². The second-order valence-electron chi connectivity index (χ2n) is 3.90. The van der Waals surface area contributed by atoms with Gasteiger partial charge in [-0.05, 0) is 13.0 Å². The molecule has 0 bridgehead atoms. The minimum Gasteiger partial charge on any atom is -0.369 e. The summed E-state index contributed by atoms with van der Waals surface area (Å²) in [4.78, 5) is 10.9. The molecule has 0 unspecified atom stereocenters. The van der Waals surface area contributed by atoms with Crippen LogP contribution in [-0.2, 0) is 15.0 Å². The molecule has 0 aromatic rings. The molecule has 1 aliphatic rings. The first-order valence-corrected chi connectivity index (χ1v) is 7.12. The lowest BCUT2D eigenvalue weighted by Crippen LogP contribution is -2.47. The number of carbonyl (C=O) groups is 1. The molecule has 8 heteroatoms. The van der Waals surface area contributed by atoms with Crippen LogP contribution in [0, 0.1) is 0 Å². The summed E-state index contributed by atoms with van der Waals surface area (Å²) >= 11 is 0. The van der Waals surface area contributed by atoms with E-state index in [9.17, 15) is 13.2 Å². The summed E-state index contributed by atoms with van der Waals surface area (Å²) in [6.07, 6.45) is 0.771. The highest BCUT2D eigenvalue weighted by atomic mass is 32.2. The average molecular weight is 264 g/mol. The third kappa shape index (κ3) is 3.91. The van der Waals surface area contributed by atoms with Crippen LogP contribution < -0.4 is 11.1 Å². The second-order valence-corrected chi connectivity index (χ2v) is 5.83. The molecule has 0 saturated carbocycles. The number of nitrogens with one attached hydrogen (secondary N) is 1. The zero-order chi connectivity index (χ0) is 12.9. The van der Waals surface area contributed by atoms with Crippen molar-refractivity contribution in [2.45, 2.75) is 13.3 Å². The molecule has 0 atom stereocenters. The fourth-order valence-electron chi connectivity index (χ4n) is 1.75. The highest BCUT2D eigenvalue weighted by Gasteiger charge is 2.29. The first kappa shape index (κ1) is 14.4. The van der Waals surface area contributed by atoms with E-state index in [-0.39, 0.29) is 13.1 Å². The zero-order valence-electron chi connectivity index (χ0n) is 10.1.